The zero-order chi connectivity index (χ0) is 11.7. The summed E-state index contributed by atoms with van der Waals surface area (Å²) in [5.74, 6) is -0.614. The maximum atomic E-state index is 14.0. The summed E-state index contributed by atoms with van der Waals surface area (Å²) in [6, 6.07) is 0.185. The number of nitrogens with one attached hydrogen (secondary N) is 3. The Morgan fingerprint density at radius 3 is 2.47 bits per heavy atom. The summed E-state index contributed by atoms with van der Waals surface area (Å²) in [6.45, 7) is 3.68. The van der Waals surface area contributed by atoms with Gasteiger partial charge in [-0.1, -0.05) is 6.92 Å². The fraction of sp³-hybridized carbons (Fsp3) is 1.00. The molecule has 0 aliphatic rings. The number of likely N-dealkylation sites (N-methyl/N-ethyl adjacent to an activating group) is 2. The van der Waals surface area contributed by atoms with Crippen LogP contribution in [0.5, 0.6) is 0 Å². The highest BCUT2D eigenvalue weighted by Gasteiger charge is 2.26. The zero-order valence-corrected chi connectivity index (χ0v) is 11.2. The molecule has 0 saturated heterocycles. The number of hydrogen-bond acceptors (Lipinski definition) is 5. The Bertz CT molecular complexity index is 162. The average Bonchev–Trinajstić information content (AvgIpc) is 2.24. The molecular formula is C9H22FN3S2. The quantitative estimate of drug-likeness (QED) is 0.304. The molecule has 0 unspecified atom stereocenters. The maximum absolute atomic E-state index is 14.0. The Morgan fingerprint density at radius 2 is 2.07 bits per heavy atom. The topological polar surface area (TPSA) is 36.1 Å². The number of hydrogen-bond donors (Lipinski definition) is 5. The largest absolute Gasteiger partial charge is 0.315 e. The van der Waals surface area contributed by atoms with Gasteiger partial charge in [-0.05, 0) is 13.6 Å². The smallest absolute Gasteiger partial charge is 0.182 e. The fourth-order valence-corrected chi connectivity index (χ4v) is 1.73. The van der Waals surface area contributed by atoms with Crippen molar-refractivity contribution >= 4 is 25.3 Å². The summed E-state index contributed by atoms with van der Waals surface area (Å²) in [5.41, 5.74) is 0. The van der Waals surface area contributed by atoms with Crippen LogP contribution in [-0.4, -0.2) is 50.0 Å². The van der Waals surface area contributed by atoms with E-state index < -0.39 is 5.79 Å². The van der Waals surface area contributed by atoms with E-state index >= 15 is 0 Å². The van der Waals surface area contributed by atoms with Gasteiger partial charge < -0.3 is 10.6 Å². The van der Waals surface area contributed by atoms with E-state index in [0.29, 0.717) is 12.3 Å². The van der Waals surface area contributed by atoms with Crippen LogP contribution in [0.3, 0.4) is 0 Å². The molecule has 0 aromatic heterocycles. The highest BCUT2D eigenvalue weighted by molar-refractivity contribution is 7.80. The second-order valence-electron chi connectivity index (χ2n) is 3.47. The third-order valence-corrected chi connectivity index (χ3v) is 3.03. The van der Waals surface area contributed by atoms with Crippen LogP contribution in [-0.2, 0) is 0 Å². The van der Waals surface area contributed by atoms with E-state index in [0.717, 1.165) is 6.54 Å². The molecule has 3 N–H and O–H groups in total. The Hall–Kier alpha value is 0.510. The molecule has 92 valence electrons. The molecule has 0 saturated carbocycles. The van der Waals surface area contributed by atoms with E-state index in [2.05, 4.69) is 41.2 Å². The van der Waals surface area contributed by atoms with Crippen LogP contribution in [0, 0.1) is 0 Å². The first-order chi connectivity index (χ1) is 7.11. The monoisotopic (exact) mass is 255 g/mol. The summed E-state index contributed by atoms with van der Waals surface area (Å²) < 4.78 is 14.0. The lowest BCUT2D eigenvalue weighted by Gasteiger charge is -2.27. The average molecular weight is 255 g/mol. The van der Waals surface area contributed by atoms with E-state index in [-0.39, 0.29) is 18.3 Å². The number of alkyl halides is 1. The second-order valence-corrected chi connectivity index (χ2v) is 4.15. The molecule has 0 bridgehead atoms. The first kappa shape index (κ1) is 15.5. The molecule has 0 amide bonds. The number of rotatable bonds is 9. The van der Waals surface area contributed by atoms with Crippen LogP contribution < -0.4 is 16.0 Å². The molecule has 0 aliphatic heterocycles. The van der Waals surface area contributed by atoms with Crippen molar-refractivity contribution in [1.29, 1.82) is 0 Å². The van der Waals surface area contributed by atoms with Gasteiger partial charge >= 0.3 is 0 Å². The van der Waals surface area contributed by atoms with E-state index in [1.807, 2.05) is 6.92 Å². The van der Waals surface area contributed by atoms with Crippen molar-refractivity contribution in [2.75, 3.05) is 38.2 Å². The molecule has 0 rings (SSSR count). The normalized spacial score (nSPS) is 17.4. The van der Waals surface area contributed by atoms with Crippen LogP contribution in [0.25, 0.3) is 0 Å². The Balaban J connectivity index is 3.96. The molecule has 0 spiro atoms. The Kier molecular flexibility index (Phi) is 8.93. The van der Waals surface area contributed by atoms with Crippen LogP contribution in [0.1, 0.15) is 6.92 Å². The van der Waals surface area contributed by atoms with Gasteiger partial charge in [-0.3, -0.25) is 5.32 Å². The van der Waals surface area contributed by atoms with Gasteiger partial charge in [-0.15, -0.1) is 0 Å². The molecule has 3 nitrogen and oxygen atoms in total. The summed E-state index contributed by atoms with van der Waals surface area (Å²) in [6.07, 6.45) is 0. The summed E-state index contributed by atoms with van der Waals surface area (Å²) in [4.78, 5) is 0. The minimum Gasteiger partial charge on any atom is -0.315 e. The van der Waals surface area contributed by atoms with Crippen molar-refractivity contribution in [2.45, 2.75) is 18.8 Å². The van der Waals surface area contributed by atoms with Gasteiger partial charge in [0.05, 0.1) is 0 Å². The molecule has 0 aromatic carbocycles. The molecule has 0 radical (unpaired) electrons. The first-order valence-corrected chi connectivity index (χ1v) is 6.42. The van der Waals surface area contributed by atoms with Gasteiger partial charge in [-0.2, -0.15) is 25.3 Å². The minimum absolute atomic E-state index is 0.152. The third kappa shape index (κ3) is 6.63. The van der Waals surface area contributed by atoms with Crippen LogP contribution in [0.2, 0.25) is 0 Å². The summed E-state index contributed by atoms with van der Waals surface area (Å²) >= 11 is 8.20. The summed E-state index contributed by atoms with van der Waals surface area (Å²) in [7, 11) is 1.72. The van der Waals surface area contributed by atoms with Crippen molar-refractivity contribution in [1.82, 2.24) is 16.0 Å². The van der Waals surface area contributed by atoms with Gasteiger partial charge in [0.25, 0.3) is 0 Å². The minimum atomic E-state index is -1.45. The van der Waals surface area contributed by atoms with Gasteiger partial charge in [0.15, 0.2) is 5.79 Å². The van der Waals surface area contributed by atoms with E-state index in [4.69, 9.17) is 0 Å². The lowest BCUT2D eigenvalue weighted by atomic mass is 10.2. The van der Waals surface area contributed by atoms with Gasteiger partial charge in [-0.25, -0.2) is 4.39 Å². The predicted octanol–water partition coefficient (Wildman–Crippen LogP) is 0.299. The molecule has 0 aliphatic carbocycles. The number of thiol groups is 2. The van der Waals surface area contributed by atoms with Crippen molar-refractivity contribution in [2.24, 2.45) is 0 Å². The van der Waals surface area contributed by atoms with E-state index in [1.54, 1.807) is 7.05 Å². The standard InChI is InChI=1S/C9H22FN3S2/c1-3-12-8(5-14)4-13-9(10,7-15)6-11-2/h8,11-15H,3-7H2,1-2H3/t8-,9+/m1/s1. The summed E-state index contributed by atoms with van der Waals surface area (Å²) in [5, 5.41) is 8.89. The Morgan fingerprint density at radius 1 is 1.40 bits per heavy atom. The zero-order valence-electron chi connectivity index (χ0n) is 9.39. The number of halogens is 1. The van der Waals surface area contributed by atoms with Crippen LogP contribution >= 0.6 is 25.3 Å². The molecule has 6 heteroatoms. The van der Waals surface area contributed by atoms with Gasteiger partial charge in [0.1, 0.15) is 0 Å². The molecule has 15 heavy (non-hydrogen) atoms. The highest BCUT2D eigenvalue weighted by atomic mass is 32.1. The molecule has 0 fully saturated rings. The molecule has 0 heterocycles. The first-order valence-electron chi connectivity index (χ1n) is 5.15. The van der Waals surface area contributed by atoms with Crippen molar-refractivity contribution in [3.8, 4) is 0 Å². The van der Waals surface area contributed by atoms with Crippen molar-refractivity contribution < 1.29 is 4.39 Å². The Labute approximate surface area is 103 Å². The SMILES string of the molecule is CCN[C@@H](CS)CN[C@](F)(CS)CNC. The van der Waals surface area contributed by atoms with Crippen molar-refractivity contribution in [3.63, 3.8) is 0 Å². The van der Waals surface area contributed by atoms with E-state index in [9.17, 15) is 4.39 Å². The maximum Gasteiger partial charge on any atom is 0.182 e. The second kappa shape index (κ2) is 8.64. The molecule has 2 atom stereocenters. The lowest BCUT2D eigenvalue weighted by Crippen LogP contribution is -2.54. The van der Waals surface area contributed by atoms with Crippen molar-refractivity contribution in [3.05, 3.63) is 0 Å². The highest BCUT2D eigenvalue weighted by Crippen LogP contribution is 2.07. The van der Waals surface area contributed by atoms with Crippen LogP contribution in [0.15, 0.2) is 0 Å². The van der Waals surface area contributed by atoms with Gasteiger partial charge in [0, 0.05) is 30.6 Å². The predicted molar refractivity (Wildman–Crippen MR) is 70.9 cm³/mol. The van der Waals surface area contributed by atoms with E-state index in [1.165, 1.54) is 0 Å². The molecular weight excluding hydrogens is 233 g/mol. The third-order valence-electron chi connectivity index (χ3n) is 2.09. The van der Waals surface area contributed by atoms with Gasteiger partial charge in [0.2, 0.25) is 0 Å². The molecule has 0 aromatic rings. The van der Waals surface area contributed by atoms with Crippen LogP contribution in [0.4, 0.5) is 4.39 Å². The lowest BCUT2D eigenvalue weighted by molar-refractivity contribution is 0.142. The fourth-order valence-electron chi connectivity index (χ4n) is 1.25.